The average Bonchev–Trinajstić information content (AvgIpc) is 2.98. The molecule has 3 atom stereocenters. The van der Waals surface area contributed by atoms with Crippen LogP contribution in [0.3, 0.4) is 0 Å². The molecule has 10 heteroatoms. The molecule has 0 aromatic heterocycles. The lowest BCUT2D eigenvalue weighted by molar-refractivity contribution is -0.133. The number of hydrogen-bond acceptors (Lipinski definition) is 6. The lowest BCUT2D eigenvalue weighted by atomic mass is 9.99. The smallest absolute Gasteiger partial charge is 0.408 e. The molecule has 0 spiro atoms. The maximum absolute atomic E-state index is 13.6. The number of amides is 4. The number of rotatable bonds is 14. The number of benzene rings is 3. The fourth-order valence-electron chi connectivity index (χ4n) is 4.48. The minimum atomic E-state index is -1.07. The molecule has 45 heavy (non-hydrogen) atoms. The minimum Gasteiger partial charge on any atom is -0.489 e. The molecule has 3 aromatic rings. The summed E-state index contributed by atoms with van der Waals surface area (Å²) < 4.78 is 11.3. The summed E-state index contributed by atoms with van der Waals surface area (Å²) in [6, 6.07) is 23.1. The number of ether oxygens (including phenoxy) is 2. The van der Waals surface area contributed by atoms with Crippen molar-refractivity contribution in [3.8, 4) is 5.75 Å². The van der Waals surface area contributed by atoms with E-state index < -0.39 is 47.5 Å². The molecule has 0 fully saturated rings. The molecular formula is C35H44N4O6. The first-order chi connectivity index (χ1) is 21.3. The van der Waals surface area contributed by atoms with E-state index in [0.29, 0.717) is 12.4 Å². The van der Waals surface area contributed by atoms with Crippen LogP contribution in [0.4, 0.5) is 4.79 Å². The maximum Gasteiger partial charge on any atom is 0.408 e. The lowest BCUT2D eigenvalue weighted by Crippen LogP contribution is -2.58. The number of alkyl carbamates (subject to hydrolysis) is 1. The van der Waals surface area contributed by atoms with E-state index >= 15 is 0 Å². The monoisotopic (exact) mass is 616 g/mol. The molecule has 10 nitrogen and oxygen atoms in total. The normalized spacial score (nSPS) is 13.2. The number of hydrogen-bond donors (Lipinski definition) is 4. The summed E-state index contributed by atoms with van der Waals surface area (Å²) in [5.74, 6) is -1.53. The second-order valence-electron chi connectivity index (χ2n) is 12.2. The third kappa shape index (κ3) is 12.0. The van der Waals surface area contributed by atoms with Crippen molar-refractivity contribution in [3.63, 3.8) is 0 Å². The maximum atomic E-state index is 13.6. The van der Waals surface area contributed by atoms with Crippen LogP contribution >= 0.6 is 0 Å². The van der Waals surface area contributed by atoms with Crippen LogP contribution in [0.1, 0.15) is 51.3 Å². The summed E-state index contributed by atoms with van der Waals surface area (Å²) in [4.78, 5) is 51.9. The van der Waals surface area contributed by atoms with Gasteiger partial charge in [-0.3, -0.25) is 14.4 Å². The zero-order valence-corrected chi connectivity index (χ0v) is 26.5. The van der Waals surface area contributed by atoms with Gasteiger partial charge in [-0.1, -0.05) is 86.6 Å². The van der Waals surface area contributed by atoms with Crippen LogP contribution in [0.25, 0.3) is 0 Å². The Labute approximate surface area is 265 Å². The van der Waals surface area contributed by atoms with E-state index in [-0.39, 0.29) is 18.8 Å². The highest BCUT2D eigenvalue weighted by atomic mass is 16.6. The summed E-state index contributed by atoms with van der Waals surface area (Å²) in [6.07, 6.45) is -0.448. The highest BCUT2D eigenvalue weighted by Gasteiger charge is 2.32. The van der Waals surface area contributed by atoms with Crippen molar-refractivity contribution >= 4 is 23.8 Å². The van der Waals surface area contributed by atoms with E-state index in [1.165, 1.54) is 0 Å². The number of carbonyl (C=O) groups is 4. The van der Waals surface area contributed by atoms with Crippen LogP contribution in [-0.4, -0.2) is 47.5 Å². The summed E-state index contributed by atoms with van der Waals surface area (Å²) in [6.45, 7) is 9.11. The molecule has 0 aliphatic carbocycles. The van der Waals surface area contributed by atoms with E-state index in [1.807, 2.05) is 72.8 Å². The van der Waals surface area contributed by atoms with Crippen LogP contribution in [0, 0.1) is 5.92 Å². The highest BCUT2D eigenvalue weighted by Crippen LogP contribution is 2.17. The van der Waals surface area contributed by atoms with Crippen LogP contribution in [0.15, 0.2) is 84.9 Å². The van der Waals surface area contributed by atoms with Crippen molar-refractivity contribution < 1.29 is 28.7 Å². The van der Waals surface area contributed by atoms with Crippen LogP contribution in [0.5, 0.6) is 5.75 Å². The molecule has 3 rings (SSSR count). The van der Waals surface area contributed by atoms with Gasteiger partial charge in [0.1, 0.15) is 36.1 Å². The molecule has 0 radical (unpaired) electrons. The Balaban J connectivity index is 1.73. The van der Waals surface area contributed by atoms with E-state index in [2.05, 4.69) is 16.0 Å². The zero-order chi connectivity index (χ0) is 33.0. The van der Waals surface area contributed by atoms with Crippen molar-refractivity contribution in [2.45, 2.75) is 77.8 Å². The Kier molecular flexibility index (Phi) is 12.5. The van der Waals surface area contributed by atoms with Gasteiger partial charge in [-0.25, -0.2) is 4.79 Å². The third-order valence-electron chi connectivity index (χ3n) is 6.81. The predicted molar refractivity (Wildman–Crippen MR) is 172 cm³/mol. The van der Waals surface area contributed by atoms with Crippen molar-refractivity contribution in [1.29, 1.82) is 0 Å². The third-order valence-corrected chi connectivity index (χ3v) is 6.81. The van der Waals surface area contributed by atoms with Crippen LogP contribution < -0.4 is 26.4 Å². The number of carbonyl (C=O) groups excluding carboxylic acids is 4. The lowest BCUT2D eigenvalue weighted by Gasteiger charge is -2.27. The second kappa shape index (κ2) is 16.3. The highest BCUT2D eigenvalue weighted by molar-refractivity contribution is 5.94. The summed E-state index contributed by atoms with van der Waals surface area (Å²) in [5, 5.41) is 8.10. The Morgan fingerprint density at radius 3 is 1.76 bits per heavy atom. The van der Waals surface area contributed by atoms with E-state index in [0.717, 1.165) is 16.7 Å². The molecule has 0 bridgehead atoms. The van der Waals surface area contributed by atoms with Gasteiger partial charge in [0.25, 0.3) is 0 Å². The van der Waals surface area contributed by atoms with Gasteiger partial charge in [-0.15, -0.1) is 0 Å². The molecule has 240 valence electrons. The Morgan fingerprint density at radius 2 is 1.22 bits per heavy atom. The fraction of sp³-hybridized carbons (Fsp3) is 0.371. The quantitative estimate of drug-likeness (QED) is 0.215. The van der Waals surface area contributed by atoms with E-state index in [9.17, 15) is 19.2 Å². The first-order valence-corrected chi connectivity index (χ1v) is 15.0. The summed E-state index contributed by atoms with van der Waals surface area (Å²) in [5.41, 5.74) is 7.42. The van der Waals surface area contributed by atoms with E-state index in [4.69, 9.17) is 15.2 Å². The van der Waals surface area contributed by atoms with Gasteiger partial charge < -0.3 is 31.2 Å². The SMILES string of the molecule is CC(C)[C@H](NC(=O)[C@H](Cc1ccc(OCc2ccccc2)cc1)NC(=O)OC(C)(C)C)C(=O)N[C@H](Cc1ccccc1)C(N)=O. The number of nitrogens with one attached hydrogen (secondary N) is 3. The molecule has 3 aromatic carbocycles. The molecule has 5 N–H and O–H groups in total. The van der Waals surface area contributed by atoms with Crippen molar-refractivity contribution in [2.24, 2.45) is 11.7 Å². The Bertz CT molecular complexity index is 1410. The van der Waals surface area contributed by atoms with Crippen molar-refractivity contribution in [1.82, 2.24) is 16.0 Å². The van der Waals surface area contributed by atoms with Crippen molar-refractivity contribution in [2.75, 3.05) is 0 Å². The largest absolute Gasteiger partial charge is 0.489 e. The van der Waals surface area contributed by atoms with Crippen LogP contribution in [-0.2, 0) is 38.6 Å². The van der Waals surface area contributed by atoms with Gasteiger partial charge in [0.15, 0.2) is 0 Å². The molecule has 0 unspecified atom stereocenters. The molecular weight excluding hydrogens is 572 g/mol. The molecule has 0 saturated heterocycles. The topological polar surface area (TPSA) is 149 Å². The van der Waals surface area contributed by atoms with Gasteiger partial charge in [-0.2, -0.15) is 0 Å². The first kappa shape index (κ1) is 34.6. The molecule has 0 saturated carbocycles. The standard InChI is InChI=1S/C35H44N4O6/c1-23(2)30(33(42)37-28(31(36)40)20-24-12-8-6-9-13-24)39-32(41)29(38-34(43)45-35(3,4)5)21-25-16-18-27(19-17-25)44-22-26-14-10-7-11-15-26/h6-19,23,28-30H,20-22H2,1-5H3,(H2,36,40)(H,37,42)(H,38,43)(H,39,41)/t28-,29+,30+/m1/s1. The molecule has 4 amide bonds. The van der Waals surface area contributed by atoms with Gasteiger partial charge >= 0.3 is 6.09 Å². The number of primary amides is 1. The fourth-order valence-corrected chi connectivity index (χ4v) is 4.48. The van der Waals surface area contributed by atoms with Gasteiger partial charge in [0.2, 0.25) is 17.7 Å². The molecule has 0 aliphatic rings. The van der Waals surface area contributed by atoms with Gasteiger partial charge in [-0.05, 0) is 55.5 Å². The molecule has 0 heterocycles. The van der Waals surface area contributed by atoms with Crippen LogP contribution in [0.2, 0.25) is 0 Å². The van der Waals surface area contributed by atoms with Gasteiger partial charge in [0.05, 0.1) is 0 Å². The van der Waals surface area contributed by atoms with Gasteiger partial charge in [0, 0.05) is 12.8 Å². The van der Waals surface area contributed by atoms with Crippen molar-refractivity contribution in [3.05, 3.63) is 102 Å². The second-order valence-corrected chi connectivity index (χ2v) is 12.2. The minimum absolute atomic E-state index is 0.119. The Morgan fingerprint density at radius 1 is 0.689 bits per heavy atom. The van der Waals surface area contributed by atoms with E-state index in [1.54, 1.807) is 46.8 Å². The summed E-state index contributed by atoms with van der Waals surface area (Å²) in [7, 11) is 0. The molecule has 0 aliphatic heterocycles. The number of nitrogens with two attached hydrogens (primary N) is 1. The predicted octanol–water partition coefficient (Wildman–Crippen LogP) is 4.06. The zero-order valence-electron chi connectivity index (χ0n) is 26.5. The summed E-state index contributed by atoms with van der Waals surface area (Å²) >= 11 is 0. The average molecular weight is 617 g/mol. The Hall–Kier alpha value is -4.86. The first-order valence-electron chi connectivity index (χ1n) is 15.0.